The third-order valence-corrected chi connectivity index (χ3v) is 4.72. The second-order valence-corrected chi connectivity index (χ2v) is 7.60. The van der Waals surface area contributed by atoms with Crippen molar-refractivity contribution in [3.63, 3.8) is 0 Å². The molecule has 0 saturated carbocycles. The lowest BCUT2D eigenvalue weighted by Gasteiger charge is -2.10. The van der Waals surface area contributed by atoms with Crippen molar-refractivity contribution in [2.24, 2.45) is 0 Å². The monoisotopic (exact) mass is 466 g/mol. The van der Waals surface area contributed by atoms with Crippen molar-refractivity contribution in [1.82, 2.24) is 0 Å². The Hall–Kier alpha value is -3.84. The van der Waals surface area contributed by atoms with Gasteiger partial charge in [-0.05, 0) is 61.0 Å². The van der Waals surface area contributed by atoms with Gasteiger partial charge in [0.1, 0.15) is 11.5 Å². The average molecular weight is 467 g/mol. The number of hydrogen-bond acceptors (Lipinski definition) is 5. The first-order valence-electron chi connectivity index (χ1n) is 10.2. The molecule has 0 spiro atoms. The van der Waals surface area contributed by atoms with Gasteiger partial charge in [0.15, 0.2) is 6.61 Å². The van der Waals surface area contributed by atoms with Gasteiger partial charge in [-0.15, -0.1) is 0 Å². The van der Waals surface area contributed by atoms with Gasteiger partial charge in [-0.1, -0.05) is 35.9 Å². The van der Waals surface area contributed by atoms with Gasteiger partial charge in [-0.25, -0.2) is 0 Å². The second-order valence-electron chi connectivity index (χ2n) is 7.16. The number of amides is 2. The topological polar surface area (TPSA) is 93.7 Å². The molecule has 3 aromatic rings. The number of carbonyl (C=O) groups is 3. The van der Waals surface area contributed by atoms with E-state index in [1.807, 2.05) is 31.2 Å². The van der Waals surface area contributed by atoms with Gasteiger partial charge in [0.05, 0.1) is 6.42 Å². The predicted molar refractivity (Wildman–Crippen MR) is 127 cm³/mol. The molecule has 0 aliphatic carbocycles. The molecule has 0 aliphatic heterocycles. The predicted octanol–water partition coefficient (Wildman–Crippen LogP) is 5.34. The number of aryl methyl sites for hydroxylation is 1. The van der Waals surface area contributed by atoms with Crippen LogP contribution in [0.15, 0.2) is 72.8 Å². The smallest absolute Gasteiger partial charge is 0.306 e. The maximum atomic E-state index is 12.1. The fourth-order valence-electron chi connectivity index (χ4n) is 2.82. The minimum absolute atomic E-state index is 0.0732. The van der Waals surface area contributed by atoms with Gasteiger partial charge in [-0.3, -0.25) is 14.4 Å². The highest BCUT2D eigenvalue weighted by atomic mass is 35.5. The summed E-state index contributed by atoms with van der Waals surface area (Å²) in [6.07, 6.45) is -0.221. The van der Waals surface area contributed by atoms with E-state index in [1.165, 1.54) is 0 Å². The first-order valence-corrected chi connectivity index (χ1v) is 10.6. The zero-order chi connectivity index (χ0) is 23.6. The van der Waals surface area contributed by atoms with Crippen LogP contribution in [-0.4, -0.2) is 24.4 Å². The number of esters is 1. The largest absolute Gasteiger partial charge is 0.457 e. The second kappa shape index (κ2) is 11.7. The number of anilines is 2. The molecule has 33 heavy (non-hydrogen) atoms. The number of halogens is 1. The Morgan fingerprint density at radius 1 is 0.818 bits per heavy atom. The van der Waals surface area contributed by atoms with Gasteiger partial charge in [-0.2, -0.15) is 0 Å². The summed E-state index contributed by atoms with van der Waals surface area (Å²) >= 11 is 5.85. The van der Waals surface area contributed by atoms with Crippen LogP contribution in [0.1, 0.15) is 18.4 Å². The Morgan fingerprint density at radius 2 is 1.55 bits per heavy atom. The lowest BCUT2D eigenvalue weighted by Crippen LogP contribution is -2.21. The van der Waals surface area contributed by atoms with Gasteiger partial charge in [0.2, 0.25) is 5.91 Å². The van der Waals surface area contributed by atoms with Crippen molar-refractivity contribution in [1.29, 1.82) is 0 Å². The van der Waals surface area contributed by atoms with E-state index >= 15 is 0 Å². The Labute approximate surface area is 196 Å². The fraction of sp³-hybridized carbons (Fsp3) is 0.160. The molecule has 0 bridgehead atoms. The minimum atomic E-state index is -0.645. The molecule has 170 valence electrons. The highest BCUT2D eigenvalue weighted by Crippen LogP contribution is 2.25. The normalized spacial score (nSPS) is 10.2. The van der Waals surface area contributed by atoms with Crippen LogP contribution in [0, 0.1) is 6.92 Å². The van der Waals surface area contributed by atoms with Crippen molar-refractivity contribution in [3.05, 3.63) is 83.4 Å². The number of rotatable bonds is 9. The van der Waals surface area contributed by atoms with Crippen molar-refractivity contribution in [2.75, 3.05) is 17.2 Å². The molecule has 0 fully saturated rings. The van der Waals surface area contributed by atoms with Crippen LogP contribution in [0.25, 0.3) is 0 Å². The Morgan fingerprint density at radius 3 is 2.27 bits per heavy atom. The van der Waals surface area contributed by atoms with Crippen LogP contribution in [0.3, 0.4) is 0 Å². The lowest BCUT2D eigenvalue weighted by molar-refractivity contribution is -0.147. The van der Waals surface area contributed by atoms with Crippen LogP contribution in [0.4, 0.5) is 11.4 Å². The summed E-state index contributed by atoms with van der Waals surface area (Å²) in [5.74, 6) is -0.0877. The zero-order valence-corrected chi connectivity index (χ0v) is 18.7. The number of carbonyl (C=O) groups excluding carboxylic acids is 3. The summed E-state index contributed by atoms with van der Waals surface area (Å²) < 4.78 is 10.7. The number of benzene rings is 3. The maximum Gasteiger partial charge on any atom is 0.306 e. The molecule has 2 amide bonds. The van der Waals surface area contributed by atoms with E-state index in [0.29, 0.717) is 22.1 Å². The molecule has 8 heteroatoms. The summed E-state index contributed by atoms with van der Waals surface area (Å²) in [5.41, 5.74) is 2.09. The Bertz CT molecular complexity index is 1130. The van der Waals surface area contributed by atoms with Crippen LogP contribution < -0.4 is 15.4 Å². The Kier molecular flexibility index (Phi) is 8.43. The molecule has 0 heterocycles. The van der Waals surface area contributed by atoms with Gasteiger partial charge < -0.3 is 20.1 Å². The Balaban J connectivity index is 1.37. The van der Waals surface area contributed by atoms with Crippen LogP contribution in [0.5, 0.6) is 11.5 Å². The molecule has 0 radical (unpaired) electrons. The van der Waals surface area contributed by atoms with Crippen LogP contribution >= 0.6 is 11.6 Å². The number of nitrogens with one attached hydrogen (secondary N) is 2. The number of ether oxygens (including phenoxy) is 2. The summed E-state index contributed by atoms with van der Waals surface area (Å²) in [5, 5.41) is 5.75. The van der Waals surface area contributed by atoms with Crippen molar-refractivity contribution >= 4 is 40.8 Å². The van der Waals surface area contributed by atoms with E-state index in [-0.39, 0.29) is 18.7 Å². The molecule has 3 aromatic carbocycles. The van der Waals surface area contributed by atoms with Crippen LogP contribution in [0.2, 0.25) is 5.02 Å². The molecular formula is C25H23ClN2O5. The first kappa shape index (κ1) is 23.8. The van der Waals surface area contributed by atoms with Crippen LogP contribution in [-0.2, 0) is 19.1 Å². The quantitative estimate of drug-likeness (QED) is 0.415. The van der Waals surface area contributed by atoms with E-state index < -0.39 is 18.5 Å². The molecule has 2 N–H and O–H groups in total. The molecule has 0 aliphatic rings. The summed E-state index contributed by atoms with van der Waals surface area (Å²) in [4.78, 5) is 35.8. The van der Waals surface area contributed by atoms with E-state index in [1.54, 1.807) is 48.5 Å². The van der Waals surface area contributed by atoms with Gasteiger partial charge in [0, 0.05) is 22.8 Å². The van der Waals surface area contributed by atoms with E-state index in [0.717, 1.165) is 11.3 Å². The molecule has 7 nitrogen and oxygen atoms in total. The van der Waals surface area contributed by atoms with Gasteiger partial charge >= 0.3 is 5.97 Å². The summed E-state index contributed by atoms with van der Waals surface area (Å²) in [6, 6.07) is 21.2. The van der Waals surface area contributed by atoms with Crippen molar-refractivity contribution < 1.29 is 23.9 Å². The molecule has 0 atom stereocenters. The third-order valence-electron chi connectivity index (χ3n) is 4.49. The summed E-state index contributed by atoms with van der Waals surface area (Å²) in [7, 11) is 0. The zero-order valence-electron chi connectivity index (χ0n) is 18.0. The lowest BCUT2D eigenvalue weighted by atomic mass is 10.2. The van der Waals surface area contributed by atoms with Gasteiger partial charge in [0.25, 0.3) is 5.91 Å². The molecule has 0 unspecified atom stereocenters. The van der Waals surface area contributed by atoms with Crippen molar-refractivity contribution in [2.45, 2.75) is 19.8 Å². The third kappa shape index (κ3) is 7.97. The van der Waals surface area contributed by atoms with E-state index in [4.69, 9.17) is 21.1 Å². The van der Waals surface area contributed by atoms with E-state index in [2.05, 4.69) is 10.6 Å². The fourth-order valence-corrected chi connectivity index (χ4v) is 3.02. The molecule has 0 saturated heterocycles. The number of hydrogen-bond donors (Lipinski definition) is 2. The summed E-state index contributed by atoms with van der Waals surface area (Å²) in [6.45, 7) is 1.51. The van der Waals surface area contributed by atoms with Crippen molar-refractivity contribution in [3.8, 4) is 11.5 Å². The molecular weight excluding hydrogens is 444 g/mol. The molecule has 3 rings (SSSR count). The average Bonchev–Trinajstić information content (AvgIpc) is 2.79. The molecule has 0 aromatic heterocycles. The minimum Gasteiger partial charge on any atom is -0.457 e. The maximum absolute atomic E-state index is 12.1. The SMILES string of the molecule is Cc1ccccc1Oc1ccc(NC(=O)CCC(=O)OCC(=O)Nc2cccc(Cl)c2)cc1. The number of para-hydroxylation sites is 1. The first-order chi connectivity index (χ1) is 15.9. The highest BCUT2D eigenvalue weighted by molar-refractivity contribution is 6.30. The van der Waals surface area contributed by atoms with E-state index in [9.17, 15) is 14.4 Å². The standard InChI is InChI=1S/C25H23ClN2O5/c1-17-5-2-3-8-22(17)33-21-11-9-19(10-12-21)27-23(29)13-14-25(31)32-16-24(30)28-20-7-4-6-18(26)15-20/h2-12,15H,13-14,16H2,1H3,(H,27,29)(H,28,30). The highest BCUT2D eigenvalue weighted by Gasteiger charge is 2.11.